The summed E-state index contributed by atoms with van der Waals surface area (Å²) in [6, 6.07) is 3.97. The van der Waals surface area contributed by atoms with Gasteiger partial charge in [0.05, 0.1) is 0 Å². The predicted octanol–water partition coefficient (Wildman–Crippen LogP) is 4.06. The van der Waals surface area contributed by atoms with Crippen LogP contribution in [0.4, 0.5) is 0 Å². The zero-order chi connectivity index (χ0) is 10.7. The fourth-order valence-corrected chi connectivity index (χ4v) is 1.73. The molecule has 0 saturated heterocycles. The molecule has 0 N–H and O–H groups in total. The van der Waals surface area contributed by atoms with E-state index in [-0.39, 0.29) is 0 Å². The zero-order valence-electron chi connectivity index (χ0n) is 9.34. The second-order valence-corrected chi connectivity index (χ2v) is 4.81. The number of hydrogen-bond donors (Lipinski definition) is 0. The van der Waals surface area contributed by atoms with E-state index in [1.807, 2.05) is 6.07 Å². The van der Waals surface area contributed by atoms with Gasteiger partial charge in [0.25, 0.3) is 0 Å². The average molecular weight is 212 g/mol. The molecule has 14 heavy (non-hydrogen) atoms. The second kappa shape index (κ2) is 4.79. The lowest BCUT2D eigenvalue weighted by atomic mass is 9.96. The molecule has 1 aromatic rings. The van der Waals surface area contributed by atoms with Crippen LogP contribution in [0.1, 0.15) is 44.9 Å². The lowest BCUT2D eigenvalue weighted by Crippen LogP contribution is -2.04. The molecule has 1 heterocycles. The molecule has 0 saturated carbocycles. The van der Waals surface area contributed by atoms with Crippen LogP contribution in [0.2, 0.25) is 5.15 Å². The van der Waals surface area contributed by atoms with Crippen molar-refractivity contribution < 1.29 is 0 Å². The highest BCUT2D eigenvalue weighted by Gasteiger charge is 2.09. The van der Waals surface area contributed by atoms with Gasteiger partial charge in [0.1, 0.15) is 5.15 Å². The van der Waals surface area contributed by atoms with Crippen molar-refractivity contribution in [2.75, 3.05) is 0 Å². The van der Waals surface area contributed by atoms with E-state index in [0.29, 0.717) is 17.0 Å². The van der Waals surface area contributed by atoms with Crippen LogP contribution in [-0.4, -0.2) is 4.98 Å². The molecule has 0 aliphatic rings. The Kier molecular flexibility index (Phi) is 3.94. The molecule has 0 aliphatic carbocycles. The van der Waals surface area contributed by atoms with Crippen molar-refractivity contribution in [1.29, 1.82) is 0 Å². The molecule has 1 aromatic heterocycles. The highest BCUT2D eigenvalue weighted by Crippen LogP contribution is 2.22. The van der Waals surface area contributed by atoms with E-state index >= 15 is 0 Å². The van der Waals surface area contributed by atoms with Crippen molar-refractivity contribution in [2.45, 2.75) is 40.0 Å². The van der Waals surface area contributed by atoms with Crippen LogP contribution < -0.4 is 0 Å². The molecule has 0 radical (unpaired) electrons. The summed E-state index contributed by atoms with van der Waals surface area (Å²) in [5.74, 6) is 1.15. The molecule has 0 aromatic carbocycles. The van der Waals surface area contributed by atoms with Gasteiger partial charge in [0, 0.05) is 5.69 Å². The van der Waals surface area contributed by atoms with Gasteiger partial charge in [0.15, 0.2) is 0 Å². The first-order chi connectivity index (χ1) is 6.50. The predicted molar refractivity (Wildman–Crippen MR) is 61.9 cm³/mol. The minimum Gasteiger partial charge on any atom is -0.241 e. The largest absolute Gasteiger partial charge is 0.241 e. The molecule has 1 rings (SSSR count). The average Bonchev–Trinajstić information content (AvgIpc) is 2.01. The Morgan fingerprint density at radius 2 is 1.86 bits per heavy atom. The van der Waals surface area contributed by atoms with Crippen molar-refractivity contribution in [3.05, 3.63) is 28.5 Å². The number of aromatic nitrogens is 1. The Hall–Kier alpha value is -0.560. The second-order valence-electron chi connectivity index (χ2n) is 4.42. The Bertz CT molecular complexity index is 305. The van der Waals surface area contributed by atoms with Crippen LogP contribution in [0.25, 0.3) is 0 Å². The van der Waals surface area contributed by atoms with Crippen LogP contribution >= 0.6 is 11.6 Å². The summed E-state index contributed by atoms with van der Waals surface area (Å²) >= 11 is 5.89. The molecule has 78 valence electrons. The molecule has 0 unspecified atom stereocenters. The van der Waals surface area contributed by atoms with Gasteiger partial charge in [-0.3, -0.25) is 0 Å². The molecule has 0 aliphatic heterocycles. The summed E-state index contributed by atoms with van der Waals surface area (Å²) in [5.41, 5.74) is 2.48. The van der Waals surface area contributed by atoms with E-state index in [2.05, 4.69) is 38.7 Å². The topological polar surface area (TPSA) is 12.9 Å². The molecule has 2 heteroatoms. The van der Waals surface area contributed by atoms with Crippen molar-refractivity contribution >= 4 is 11.6 Å². The quantitative estimate of drug-likeness (QED) is 0.688. The van der Waals surface area contributed by atoms with Gasteiger partial charge in [-0.05, 0) is 29.9 Å². The molecular formula is C12H18ClN. The van der Waals surface area contributed by atoms with Gasteiger partial charge in [0.2, 0.25) is 0 Å². The third kappa shape index (κ3) is 2.98. The van der Waals surface area contributed by atoms with E-state index in [9.17, 15) is 0 Å². The van der Waals surface area contributed by atoms with E-state index < -0.39 is 0 Å². The molecule has 0 fully saturated rings. The maximum atomic E-state index is 5.89. The Labute approximate surface area is 91.5 Å². The number of nitrogens with zero attached hydrogens (tertiary/aromatic N) is 1. The minimum absolute atomic E-state index is 0.522. The van der Waals surface area contributed by atoms with Crippen LogP contribution in [0, 0.1) is 5.92 Å². The summed E-state index contributed by atoms with van der Waals surface area (Å²) in [4.78, 5) is 4.40. The normalized spacial score (nSPS) is 11.4. The number of hydrogen-bond acceptors (Lipinski definition) is 1. The van der Waals surface area contributed by atoms with Gasteiger partial charge in [-0.1, -0.05) is 45.4 Å². The smallest absolute Gasteiger partial charge is 0.129 e. The molecule has 0 atom stereocenters. The zero-order valence-corrected chi connectivity index (χ0v) is 10.1. The van der Waals surface area contributed by atoms with Gasteiger partial charge in [-0.2, -0.15) is 0 Å². The fraction of sp³-hybridized carbons (Fsp3) is 0.583. The molecule has 0 bridgehead atoms. The summed E-state index contributed by atoms with van der Waals surface area (Å²) in [6.07, 6.45) is 1.01. The molecular weight excluding hydrogens is 194 g/mol. The lowest BCUT2D eigenvalue weighted by Gasteiger charge is -2.13. The van der Waals surface area contributed by atoms with Gasteiger partial charge in [-0.15, -0.1) is 0 Å². The van der Waals surface area contributed by atoms with Crippen LogP contribution in [0.3, 0.4) is 0 Å². The highest BCUT2D eigenvalue weighted by atomic mass is 35.5. The molecule has 0 spiro atoms. The standard InChI is InChI=1S/C12H18ClN/c1-8(2)7-11-10(9(3)4)5-6-12(13)14-11/h5-6,8-9H,7H2,1-4H3. The number of pyridine rings is 1. The van der Waals surface area contributed by atoms with Gasteiger partial charge < -0.3 is 0 Å². The van der Waals surface area contributed by atoms with Crippen molar-refractivity contribution in [3.63, 3.8) is 0 Å². The van der Waals surface area contributed by atoms with Crippen molar-refractivity contribution in [2.24, 2.45) is 5.92 Å². The summed E-state index contributed by atoms with van der Waals surface area (Å²) in [5, 5.41) is 0.602. The Balaban J connectivity index is 3.03. The maximum Gasteiger partial charge on any atom is 0.129 e. The van der Waals surface area contributed by atoms with Gasteiger partial charge >= 0.3 is 0 Å². The van der Waals surface area contributed by atoms with E-state index in [0.717, 1.165) is 12.1 Å². The van der Waals surface area contributed by atoms with E-state index in [4.69, 9.17) is 11.6 Å². The number of rotatable bonds is 3. The van der Waals surface area contributed by atoms with Crippen LogP contribution in [0.5, 0.6) is 0 Å². The highest BCUT2D eigenvalue weighted by molar-refractivity contribution is 6.29. The molecule has 1 nitrogen and oxygen atoms in total. The monoisotopic (exact) mass is 211 g/mol. The first-order valence-electron chi connectivity index (χ1n) is 5.16. The van der Waals surface area contributed by atoms with Crippen LogP contribution in [0.15, 0.2) is 12.1 Å². The molecule has 0 amide bonds. The third-order valence-electron chi connectivity index (χ3n) is 2.20. The van der Waals surface area contributed by atoms with Gasteiger partial charge in [-0.25, -0.2) is 4.98 Å². The first kappa shape index (κ1) is 11.5. The van der Waals surface area contributed by atoms with Crippen LogP contribution in [-0.2, 0) is 6.42 Å². The fourth-order valence-electron chi connectivity index (χ4n) is 1.56. The lowest BCUT2D eigenvalue weighted by molar-refractivity contribution is 0.625. The number of halogens is 1. The minimum atomic E-state index is 0.522. The van der Waals surface area contributed by atoms with E-state index in [1.165, 1.54) is 5.56 Å². The Morgan fingerprint density at radius 3 is 2.36 bits per heavy atom. The van der Waals surface area contributed by atoms with Crippen molar-refractivity contribution in [1.82, 2.24) is 4.98 Å². The SMILES string of the molecule is CC(C)Cc1nc(Cl)ccc1C(C)C. The van der Waals surface area contributed by atoms with E-state index in [1.54, 1.807) is 0 Å². The maximum absolute atomic E-state index is 5.89. The first-order valence-corrected chi connectivity index (χ1v) is 5.53. The summed E-state index contributed by atoms with van der Waals surface area (Å²) in [7, 11) is 0. The third-order valence-corrected chi connectivity index (χ3v) is 2.41. The van der Waals surface area contributed by atoms with Crippen molar-refractivity contribution in [3.8, 4) is 0 Å². The Morgan fingerprint density at radius 1 is 1.21 bits per heavy atom. The summed E-state index contributed by atoms with van der Waals surface area (Å²) in [6.45, 7) is 8.78. The summed E-state index contributed by atoms with van der Waals surface area (Å²) < 4.78 is 0.